The van der Waals surface area contributed by atoms with Gasteiger partial charge < -0.3 is 10.0 Å². The fourth-order valence-corrected chi connectivity index (χ4v) is 7.38. The lowest BCUT2D eigenvalue weighted by Crippen LogP contribution is -2.70. The molecule has 1 N–H and O–H groups in total. The highest BCUT2D eigenvalue weighted by atomic mass is 16.1. The first-order valence-electron chi connectivity index (χ1n) is 15.6. The first kappa shape index (κ1) is 36.0. The number of ketones is 2. The molecule has 0 aromatic heterocycles. The van der Waals surface area contributed by atoms with E-state index in [4.69, 9.17) is 0 Å². The Kier molecular flexibility index (Phi) is 12.3. The lowest BCUT2D eigenvalue weighted by molar-refractivity contribution is -0.153. The van der Waals surface area contributed by atoms with Gasteiger partial charge in [0.05, 0.1) is 12.2 Å². The molecule has 6 nitrogen and oxygen atoms in total. The first-order valence-corrected chi connectivity index (χ1v) is 15.6. The molecule has 1 fully saturated rings. The van der Waals surface area contributed by atoms with Crippen LogP contribution in [0.3, 0.4) is 0 Å². The normalized spacial score (nSPS) is 25.1. The van der Waals surface area contributed by atoms with E-state index in [2.05, 4.69) is 91.3 Å². The van der Waals surface area contributed by atoms with Crippen LogP contribution in [-0.4, -0.2) is 71.3 Å². The van der Waals surface area contributed by atoms with Crippen LogP contribution >= 0.6 is 0 Å². The molecule has 0 bridgehead atoms. The van der Waals surface area contributed by atoms with E-state index in [1.165, 1.54) is 0 Å². The summed E-state index contributed by atoms with van der Waals surface area (Å²) in [4.78, 5) is 45.1. The number of carbonyl (C=O) groups is 3. The van der Waals surface area contributed by atoms with Crippen molar-refractivity contribution in [2.24, 2.45) is 22.7 Å². The van der Waals surface area contributed by atoms with E-state index in [1.807, 2.05) is 13.8 Å². The Bertz CT molecular complexity index is 871. The number of nitrogens with one attached hydrogen (secondary N) is 1. The lowest BCUT2D eigenvalue weighted by atomic mass is 9.55. The third-order valence-electron chi connectivity index (χ3n) is 11.1. The second-order valence-electron chi connectivity index (χ2n) is 14.4. The van der Waals surface area contributed by atoms with Crippen molar-refractivity contribution < 1.29 is 14.4 Å². The fourth-order valence-electron chi connectivity index (χ4n) is 7.38. The zero-order valence-electron chi connectivity index (χ0n) is 28.1. The highest BCUT2D eigenvalue weighted by Gasteiger charge is 2.56. The van der Waals surface area contributed by atoms with Crippen molar-refractivity contribution in [3.8, 4) is 0 Å². The predicted molar refractivity (Wildman–Crippen MR) is 166 cm³/mol. The highest BCUT2D eigenvalue weighted by Crippen LogP contribution is 2.50. The molecule has 1 aliphatic rings. The quantitative estimate of drug-likeness (QED) is 0.277. The van der Waals surface area contributed by atoms with Gasteiger partial charge in [-0.15, -0.1) is 0 Å². The van der Waals surface area contributed by atoms with Crippen molar-refractivity contribution in [3.63, 3.8) is 0 Å². The van der Waals surface area contributed by atoms with E-state index >= 15 is 0 Å². The Hall–Kier alpha value is -1.05. The van der Waals surface area contributed by atoms with Crippen LogP contribution in [0.15, 0.2) is 0 Å². The number of nitrogens with zero attached hydrogens (tertiary/aromatic N) is 2. The minimum Gasteiger partial charge on any atom is -0.341 e. The van der Waals surface area contributed by atoms with Gasteiger partial charge in [-0.2, -0.15) is 0 Å². The molecule has 1 rings (SSSR count). The molecule has 4 atom stereocenters. The van der Waals surface area contributed by atoms with Crippen molar-refractivity contribution in [1.29, 1.82) is 0 Å². The van der Waals surface area contributed by atoms with Crippen LogP contribution in [0.4, 0.5) is 0 Å². The van der Waals surface area contributed by atoms with Gasteiger partial charge in [-0.25, -0.2) is 0 Å². The van der Waals surface area contributed by atoms with E-state index in [0.29, 0.717) is 25.3 Å². The summed E-state index contributed by atoms with van der Waals surface area (Å²) in [5.41, 5.74) is -2.06. The van der Waals surface area contributed by atoms with E-state index in [0.717, 1.165) is 32.2 Å². The molecule has 0 radical (unpaired) electrons. The van der Waals surface area contributed by atoms with Crippen LogP contribution < -0.4 is 5.23 Å². The summed E-state index contributed by atoms with van der Waals surface area (Å²) < 4.78 is 0. The molecule has 1 aliphatic heterocycles. The summed E-state index contributed by atoms with van der Waals surface area (Å²) in [5, 5.41) is 3.32. The standard InChI is InChI=1S/C32H62BN3O3/c1-15-24(16-2)26(38)25-20-35(14)22-36(29(9,10)21-28(25,7)8)32(13,19-5)30(11,17-3)27(39)33-34-31(12,18-4)23(6)37/h24-25,33-34H,15-22H2,1-14H3. The van der Waals surface area contributed by atoms with Gasteiger partial charge in [-0.3, -0.25) is 19.4 Å². The van der Waals surface area contributed by atoms with Crippen LogP contribution in [0.25, 0.3) is 0 Å². The molecular weight excluding hydrogens is 485 g/mol. The third kappa shape index (κ3) is 7.24. The third-order valence-corrected chi connectivity index (χ3v) is 11.1. The molecule has 1 heterocycles. The van der Waals surface area contributed by atoms with Gasteiger partial charge >= 0.3 is 0 Å². The van der Waals surface area contributed by atoms with Gasteiger partial charge in [0, 0.05) is 34.9 Å². The Morgan fingerprint density at radius 3 is 1.90 bits per heavy atom. The second kappa shape index (κ2) is 13.3. The Morgan fingerprint density at radius 2 is 1.49 bits per heavy atom. The SMILES string of the molecule is CCC(CC)C(=O)C1CN(C)CN(C(C)(CC)C(C)(CC)C(=O)BNC(C)(CC)C(C)=O)C(C)(C)CC1(C)C. The fraction of sp³-hybridized carbons (Fsp3) is 0.906. The zero-order valence-corrected chi connectivity index (χ0v) is 28.1. The monoisotopic (exact) mass is 547 g/mol. The number of hydrogen-bond donors (Lipinski definition) is 1. The topological polar surface area (TPSA) is 69.7 Å². The number of hydrogen-bond acceptors (Lipinski definition) is 6. The molecule has 4 unspecified atom stereocenters. The summed E-state index contributed by atoms with van der Waals surface area (Å²) in [6.07, 6.45) is 4.80. The average Bonchev–Trinajstić information content (AvgIpc) is 2.86. The van der Waals surface area contributed by atoms with Gasteiger partial charge in [0.1, 0.15) is 17.2 Å². The molecule has 0 spiro atoms. The zero-order chi connectivity index (χ0) is 30.6. The van der Waals surface area contributed by atoms with Gasteiger partial charge in [0.25, 0.3) is 7.41 Å². The van der Waals surface area contributed by atoms with E-state index in [-0.39, 0.29) is 41.7 Å². The van der Waals surface area contributed by atoms with E-state index < -0.39 is 16.5 Å². The predicted octanol–water partition coefficient (Wildman–Crippen LogP) is 5.82. The summed E-state index contributed by atoms with van der Waals surface area (Å²) in [7, 11) is 2.30. The first-order chi connectivity index (χ1) is 17.8. The summed E-state index contributed by atoms with van der Waals surface area (Å²) >= 11 is 0. The molecule has 226 valence electrons. The molecule has 7 heteroatoms. The molecule has 0 saturated carbocycles. The van der Waals surface area contributed by atoms with Gasteiger partial charge in [-0.05, 0) is 85.6 Å². The number of rotatable bonds is 14. The second-order valence-corrected chi connectivity index (χ2v) is 14.4. The summed E-state index contributed by atoms with van der Waals surface area (Å²) in [6, 6.07) is 0. The molecular formula is C32H62BN3O3. The number of carbonyl (C=O) groups excluding carboxylic acids is 3. The number of Topliss-reactive ketones (excluding diaryl/α,β-unsaturated/α-hetero) is 2. The lowest BCUT2D eigenvalue weighted by Gasteiger charge is -2.61. The van der Waals surface area contributed by atoms with Crippen molar-refractivity contribution in [3.05, 3.63) is 0 Å². The molecule has 1 saturated heterocycles. The average molecular weight is 548 g/mol. The van der Waals surface area contributed by atoms with E-state index in [9.17, 15) is 14.4 Å². The Balaban J connectivity index is 3.52. The largest absolute Gasteiger partial charge is 0.341 e. The van der Waals surface area contributed by atoms with Gasteiger partial charge in [0.2, 0.25) is 0 Å². The van der Waals surface area contributed by atoms with Crippen LogP contribution in [-0.2, 0) is 14.4 Å². The van der Waals surface area contributed by atoms with Crippen molar-refractivity contribution >= 4 is 24.7 Å². The Labute approximate surface area is 242 Å². The Morgan fingerprint density at radius 1 is 0.949 bits per heavy atom. The van der Waals surface area contributed by atoms with Crippen molar-refractivity contribution in [2.75, 3.05) is 20.3 Å². The molecule has 0 amide bonds. The molecule has 0 aromatic carbocycles. The molecule has 0 aliphatic carbocycles. The van der Waals surface area contributed by atoms with Gasteiger partial charge in [0.15, 0.2) is 0 Å². The minimum absolute atomic E-state index is 0.0246. The maximum Gasteiger partial charge on any atom is 0.284 e. The van der Waals surface area contributed by atoms with Gasteiger partial charge in [-0.1, -0.05) is 55.4 Å². The van der Waals surface area contributed by atoms with E-state index in [1.54, 1.807) is 6.92 Å². The van der Waals surface area contributed by atoms with Crippen LogP contribution in [0.1, 0.15) is 129 Å². The van der Waals surface area contributed by atoms with Crippen LogP contribution in [0, 0.1) is 22.7 Å². The highest BCUT2D eigenvalue weighted by molar-refractivity contribution is 6.73. The van der Waals surface area contributed by atoms with Crippen molar-refractivity contribution in [1.82, 2.24) is 15.0 Å². The van der Waals surface area contributed by atoms with Crippen molar-refractivity contribution in [2.45, 2.75) is 145 Å². The van der Waals surface area contributed by atoms with Crippen LogP contribution in [0.2, 0.25) is 0 Å². The van der Waals surface area contributed by atoms with Crippen LogP contribution in [0.5, 0.6) is 0 Å². The maximum absolute atomic E-state index is 14.1. The minimum atomic E-state index is -0.701. The smallest absolute Gasteiger partial charge is 0.284 e. The molecule has 39 heavy (non-hydrogen) atoms. The molecule has 0 aromatic rings. The summed E-state index contributed by atoms with van der Waals surface area (Å²) in [6.45, 7) is 28.9. The maximum atomic E-state index is 14.1. The summed E-state index contributed by atoms with van der Waals surface area (Å²) in [5.74, 6) is 0.548.